The van der Waals surface area contributed by atoms with Crippen LogP contribution in [0.3, 0.4) is 0 Å². The van der Waals surface area contributed by atoms with Crippen LogP contribution >= 0.6 is 0 Å². The van der Waals surface area contributed by atoms with E-state index in [1.54, 1.807) is 0 Å². The maximum absolute atomic E-state index is 3.57. The van der Waals surface area contributed by atoms with Crippen molar-refractivity contribution in [1.29, 1.82) is 0 Å². The van der Waals surface area contributed by atoms with Crippen LogP contribution in [0.25, 0.3) is 0 Å². The first-order chi connectivity index (χ1) is 7.42. The van der Waals surface area contributed by atoms with Crippen LogP contribution in [0.4, 0.5) is 5.69 Å². The van der Waals surface area contributed by atoms with Gasteiger partial charge in [0, 0.05) is 12.2 Å². The second-order valence-corrected chi connectivity index (χ2v) is 5.18. The van der Waals surface area contributed by atoms with E-state index in [0.29, 0.717) is 0 Å². The molecule has 1 aromatic carbocycles. The quantitative estimate of drug-likeness (QED) is 0.788. The molecule has 15 heavy (non-hydrogen) atoms. The average molecular weight is 201 g/mol. The van der Waals surface area contributed by atoms with Gasteiger partial charge in [-0.15, -0.1) is 0 Å². The van der Waals surface area contributed by atoms with Crippen molar-refractivity contribution in [1.82, 2.24) is 0 Å². The Morgan fingerprint density at radius 1 is 1.07 bits per heavy atom. The van der Waals surface area contributed by atoms with E-state index in [4.69, 9.17) is 0 Å². The fourth-order valence-electron chi connectivity index (χ4n) is 3.43. The van der Waals surface area contributed by atoms with Gasteiger partial charge in [0.25, 0.3) is 0 Å². The lowest BCUT2D eigenvalue weighted by Crippen LogP contribution is -2.19. The molecular weight excluding hydrogens is 182 g/mol. The Morgan fingerprint density at radius 2 is 1.93 bits per heavy atom. The Bertz CT molecular complexity index is 319. The molecule has 3 atom stereocenters. The van der Waals surface area contributed by atoms with Gasteiger partial charge in [-0.2, -0.15) is 0 Å². The van der Waals surface area contributed by atoms with Gasteiger partial charge in [-0.1, -0.05) is 24.6 Å². The number of fused-ring (bicyclic) bond motifs is 2. The van der Waals surface area contributed by atoms with Gasteiger partial charge < -0.3 is 5.32 Å². The van der Waals surface area contributed by atoms with E-state index < -0.39 is 0 Å². The molecule has 0 saturated heterocycles. The van der Waals surface area contributed by atoms with E-state index >= 15 is 0 Å². The summed E-state index contributed by atoms with van der Waals surface area (Å²) in [6.45, 7) is 1.19. The number of rotatable bonds is 3. The third kappa shape index (κ3) is 1.88. The van der Waals surface area contributed by atoms with Gasteiger partial charge in [-0.25, -0.2) is 0 Å². The summed E-state index contributed by atoms with van der Waals surface area (Å²) in [6.07, 6.45) is 5.99. The molecule has 0 radical (unpaired) electrons. The molecule has 2 aliphatic carbocycles. The molecule has 0 aromatic heterocycles. The van der Waals surface area contributed by atoms with E-state index in [-0.39, 0.29) is 0 Å². The minimum atomic E-state index is 0.948. The Labute approximate surface area is 91.9 Å². The van der Waals surface area contributed by atoms with Crippen LogP contribution in [0.2, 0.25) is 0 Å². The Hall–Kier alpha value is -0.980. The van der Waals surface area contributed by atoms with Crippen molar-refractivity contribution in [3.63, 3.8) is 0 Å². The first kappa shape index (κ1) is 9.26. The van der Waals surface area contributed by atoms with Gasteiger partial charge in [0.05, 0.1) is 0 Å². The van der Waals surface area contributed by atoms with Crippen LogP contribution < -0.4 is 5.32 Å². The SMILES string of the molecule is c1ccc(NC[C@@H]2C[C@@H]3CC[C@@H]2C3)cc1. The first-order valence-corrected chi connectivity index (χ1v) is 6.21. The topological polar surface area (TPSA) is 12.0 Å². The van der Waals surface area contributed by atoms with Gasteiger partial charge in [-0.3, -0.25) is 0 Å². The zero-order valence-electron chi connectivity index (χ0n) is 9.15. The number of nitrogens with one attached hydrogen (secondary N) is 1. The van der Waals surface area contributed by atoms with Crippen molar-refractivity contribution in [2.45, 2.75) is 25.7 Å². The number of benzene rings is 1. The summed E-state index contributed by atoms with van der Waals surface area (Å²) in [6, 6.07) is 10.6. The first-order valence-electron chi connectivity index (χ1n) is 6.21. The molecular formula is C14H19N. The number of hydrogen-bond donors (Lipinski definition) is 1. The summed E-state index contributed by atoms with van der Waals surface area (Å²) in [5.74, 6) is 3.05. The summed E-state index contributed by atoms with van der Waals surface area (Å²) in [5.41, 5.74) is 1.28. The van der Waals surface area contributed by atoms with Crippen LogP contribution in [0, 0.1) is 17.8 Å². The number of hydrogen-bond acceptors (Lipinski definition) is 1. The van der Waals surface area contributed by atoms with Crippen LogP contribution in [-0.2, 0) is 0 Å². The van der Waals surface area contributed by atoms with E-state index in [1.807, 2.05) is 0 Å². The van der Waals surface area contributed by atoms with Crippen LogP contribution in [0.5, 0.6) is 0 Å². The molecule has 80 valence electrons. The van der Waals surface area contributed by atoms with Crippen molar-refractivity contribution in [3.8, 4) is 0 Å². The molecule has 2 saturated carbocycles. The van der Waals surface area contributed by atoms with Crippen molar-refractivity contribution in [2.24, 2.45) is 17.8 Å². The van der Waals surface area contributed by atoms with E-state index in [2.05, 4.69) is 35.6 Å². The van der Waals surface area contributed by atoms with Crippen LogP contribution in [0.1, 0.15) is 25.7 Å². The van der Waals surface area contributed by atoms with Crippen molar-refractivity contribution >= 4 is 5.69 Å². The summed E-state index contributed by atoms with van der Waals surface area (Å²) in [5, 5.41) is 3.57. The fourth-order valence-corrected chi connectivity index (χ4v) is 3.43. The summed E-state index contributed by atoms with van der Waals surface area (Å²) in [7, 11) is 0. The largest absolute Gasteiger partial charge is 0.385 e. The van der Waals surface area contributed by atoms with Crippen LogP contribution in [0.15, 0.2) is 30.3 Å². The molecule has 2 fully saturated rings. The standard InChI is InChI=1S/C14H19N/c1-2-4-14(5-3-1)15-10-13-9-11-6-7-12(13)8-11/h1-5,11-13,15H,6-10H2/t11-,12-,13+/m1/s1. The minimum absolute atomic E-state index is 0.948. The number of para-hydroxylation sites is 1. The normalized spacial score (nSPS) is 33.2. The zero-order chi connectivity index (χ0) is 10.1. The second kappa shape index (κ2) is 3.88. The zero-order valence-corrected chi connectivity index (χ0v) is 9.15. The Morgan fingerprint density at radius 3 is 2.60 bits per heavy atom. The highest BCUT2D eigenvalue weighted by Gasteiger charge is 2.38. The van der Waals surface area contributed by atoms with Gasteiger partial charge in [0.15, 0.2) is 0 Å². The van der Waals surface area contributed by atoms with Crippen molar-refractivity contribution in [2.75, 3.05) is 11.9 Å². The van der Waals surface area contributed by atoms with E-state index in [1.165, 1.54) is 37.9 Å². The highest BCUT2D eigenvalue weighted by molar-refractivity contribution is 5.42. The minimum Gasteiger partial charge on any atom is -0.385 e. The molecule has 1 heteroatoms. The van der Waals surface area contributed by atoms with E-state index in [0.717, 1.165) is 17.8 Å². The van der Waals surface area contributed by atoms with Gasteiger partial charge in [0.2, 0.25) is 0 Å². The third-order valence-corrected chi connectivity index (χ3v) is 4.23. The monoisotopic (exact) mass is 201 g/mol. The highest BCUT2D eigenvalue weighted by atomic mass is 14.9. The summed E-state index contributed by atoms with van der Waals surface area (Å²) < 4.78 is 0. The Balaban J connectivity index is 1.55. The molecule has 0 amide bonds. The second-order valence-electron chi connectivity index (χ2n) is 5.18. The van der Waals surface area contributed by atoms with E-state index in [9.17, 15) is 0 Å². The molecule has 0 spiro atoms. The lowest BCUT2D eigenvalue weighted by molar-refractivity contribution is 0.348. The van der Waals surface area contributed by atoms with Gasteiger partial charge >= 0.3 is 0 Å². The maximum atomic E-state index is 3.57. The maximum Gasteiger partial charge on any atom is 0.0340 e. The van der Waals surface area contributed by atoms with Gasteiger partial charge in [0.1, 0.15) is 0 Å². The Kier molecular flexibility index (Phi) is 2.40. The molecule has 2 aliphatic rings. The molecule has 0 heterocycles. The average Bonchev–Trinajstić information content (AvgIpc) is 2.89. The number of anilines is 1. The lowest BCUT2D eigenvalue weighted by Gasteiger charge is -2.22. The van der Waals surface area contributed by atoms with Crippen molar-refractivity contribution < 1.29 is 0 Å². The molecule has 1 N–H and O–H groups in total. The molecule has 2 bridgehead atoms. The van der Waals surface area contributed by atoms with Crippen LogP contribution in [-0.4, -0.2) is 6.54 Å². The predicted octanol–water partition coefficient (Wildman–Crippen LogP) is 3.53. The molecule has 1 nitrogen and oxygen atoms in total. The lowest BCUT2D eigenvalue weighted by atomic mass is 9.89. The molecule has 3 rings (SSSR count). The fraction of sp³-hybridized carbons (Fsp3) is 0.571. The molecule has 1 aromatic rings. The highest BCUT2D eigenvalue weighted by Crippen LogP contribution is 2.48. The van der Waals surface area contributed by atoms with Gasteiger partial charge in [-0.05, 0) is 49.1 Å². The summed E-state index contributed by atoms with van der Waals surface area (Å²) in [4.78, 5) is 0. The summed E-state index contributed by atoms with van der Waals surface area (Å²) >= 11 is 0. The molecule has 0 unspecified atom stereocenters. The molecule has 0 aliphatic heterocycles. The predicted molar refractivity (Wildman–Crippen MR) is 63.9 cm³/mol. The third-order valence-electron chi connectivity index (χ3n) is 4.23. The van der Waals surface area contributed by atoms with Crippen molar-refractivity contribution in [3.05, 3.63) is 30.3 Å². The smallest absolute Gasteiger partial charge is 0.0340 e.